The third-order valence-corrected chi connectivity index (χ3v) is 9.00. The molecule has 6 nitrogen and oxygen atoms in total. The van der Waals surface area contributed by atoms with Crippen LogP contribution in [0.1, 0.15) is 80.4 Å². The summed E-state index contributed by atoms with van der Waals surface area (Å²) in [6.07, 6.45) is 1.83. The lowest BCUT2D eigenvalue weighted by Crippen LogP contribution is -2.49. The Balaban J connectivity index is 1.45. The number of rotatable bonds is 8. The zero-order chi connectivity index (χ0) is 34.2. The first-order valence-electron chi connectivity index (χ1n) is 16.3. The van der Waals surface area contributed by atoms with Crippen molar-refractivity contribution in [1.82, 2.24) is 19.9 Å². The van der Waals surface area contributed by atoms with E-state index in [1.54, 1.807) is 13.8 Å². The first-order valence-corrected chi connectivity index (χ1v) is 16.3. The number of nitrogens with zero attached hydrogens (tertiary/aromatic N) is 4. The molecule has 0 saturated carbocycles. The summed E-state index contributed by atoms with van der Waals surface area (Å²) in [5, 5.41) is 10.4. The Morgan fingerprint density at radius 3 is 1.30 bits per heavy atom. The molecule has 0 radical (unpaired) electrons. The van der Waals surface area contributed by atoms with Crippen LogP contribution in [-0.2, 0) is 15.5 Å². The topological polar surface area (TPSA) is 81.0 Å². The predicted octanol–water partition coefficient (Wildman–Crippen LogP) is 8.07. The monoisotopic (exact) mass is 626 g/mol. The summed E-state index contributed by atoms with van der Waals surface area (Å²) in [7, 11) is 0.408. The van der Waals surface area contributed by atoms with Crippen LogP contribution >= 0.6 is 0 Å². The molecule has 0 spiro atoms. The Morgan fingerprint density at radius 1 is 0.511 bits per heavy atom. The van der Waals surface area contributed by atoms with Crippen LogP contribution in [0.3, 0.4) is 0 Å². The highest BCUT2D eigenvalue weighted by Gasteiger charge is 2.35. The van der Waals surface area contributed by atoms with E-state index in [9.17, 15) is 5.11 Å². The lowest BCUT2D eigenvalue weighted by molar-refractivity contribution is -0.0893. The highest BCUT2D eigenvalue weighted by Crippen LogP contribution is 2.30. The largest absolute Gasteiger partial charge is 0.427 e. The maximum atomic E-state index is 10.4. The fourth-order valence-corrected chi connectivity index (χ4v) is 4.91. The van der Waals surface area contributed by atoms with Crippen LogP contribution in [0.5, 0.6) is 0 Å². The summed E-state index contributed by atoms with van der Waals surface area (Å²) in [6, 6.07) is 29.1. The van der Waals surface area contributed by atoms with Crippen LogP contribution in [0.15, 0.2) is 91.1 Å². The fraction of sp³-hybridized carbons (Fsp3) is 0.350. The molecule has 2 aromatic heterocycles. The minimum atomic E-state index is -0.952. The summed E-state index contributed by atoms with van der Waals surface area (Å²) in [4.78, 5) is 19.6. The number of hydrogen-bond acceptors (Lipinski definition) is 6. The van der Waals surface area contributed by atoms with Crippen molar-refractivity contribution in [3.63, 3.8) is 0 Å². The van der Waals surface area contributed by atoms with Gasteiger partial charge in [0.25, 0.3) is 0 Å². The van der Waals surface area contributed by atoms with Crippen LogP contribution < -0.4 is 5.46 Å². The molecule has 47 heavy (non-hydrogen) atoms. The lowest BCUT2D eigenvalue weighted by Gasteiger charge is -2.37. The summed E-state index contributed by atoms with van der Waals surface area (Å²) in [5.41, 5.74) is 6.56. The molecule has 0 fully saturated rings. The number of pyridine rings is 1. The molecule has 0 aliphatic carbocycles. The second-order valence-electron chi connectivity index (χ2n) is 15.4. The highest BCUT2D eigenvalue weighted by molar-refractivity contribution is 6.47. The van der Waals surface area contributed by atoms with Gasteiger partial charge >= 0.3 is 7.48 Å². The second-order valence-corrected chi connectivity index (χ2v) is 15.4. The van der Waals surface area contributed by atoms with Gasteiger partial charge in [-0.25, -0.2) is 15.0 Å². The van der Waals surface area contributed by atoms with Gasteiger partial charge in [-0.05, 0) is 61.8 Å². The van der Waals surface area contributed by atoms with Gasteiger partial charge in [0.2, 0.25) is 0 Å². The van der Waals surface area contributed by atoms with Gasteiger partial charge in [0.1, 0.15) is 0 Å². The molecule has 5 aromatic rings. The van der Waals surface area contributed by atoms with Crippen molar-refractivity contribution in [2.75, 3.05) is 0 Å². The molecule has 0 unspecified atom stereocenters. The number of benzene rings is 3. The third-order valence-electron chi connectivity index (χ3n) is 9.00. The van der Waals surface area contributed by atoms with Crippen molar-refractivity contribution in [3.8, 4) is 45.4 Å². The van der Waals surface area contributed by atoms with Gasteiger partial charge in [-0.3, -0.25) is 4.98 Å². The molecule has 1 N–H and O–H groups in total. The summed E-state index contributed by atoms with van der Waals surface area (Å²) < 4.78 is 6.03. The van der Waals surface area contributed by atoms with Crippen LogP contribution in [0, 0.1) is 0 Å². The lowest BCUT2D eigenvalue weighted by atomic mass is 9.82. The highest BCUT2D eigenvalue weighted by atomic mass is 16.5. The van der Waals surface area contributed by atoms with Gasteiger partial charge in [0.15, 0.2) is 17.5 Å². The van der Waals surface area contributed by atoms with Gasteiger partial charge in [-0.15, -0.1) is 0 Å². The average molecular weight is 627 g/mol. The van der Waals surface area contributed by atoms with Crippen molar-refractivity contribution in [2.24, 2.45) is 0 Å². The Morgan fingerprint density at radius 2 is 0.915 bits per heavy atom. The Hall–Kier alpha value is -4.20. The summed E-state index contributed by atoms with van der Waals surface area (Å²) in [6.45, 7) is 20.6. The number of aromatic nitrogens is 4. The minimum absolute atomic E-state index is 0.0539. The Labute approximate surface area is 281 Å². The van der Waals surface area contributed by atoms with E-state index in [1.165, 1.54) is 11.1 Å². The van der Waals surface area contributed by atoms with Gasteiger partial charge < -0.3 is 9.76 Å². The normalized spacial score (nSPS) is 12.7. The smallest absolute Gasteiger partial charge is 0.309 e. The molecule has 2 heterocycles. The van der Waals surface area contributed by atoms with E-state index in [0.717, 1.165) is 33.4 Å². The van der Waals surface area contributed by atoms with E-state index in [2.05, 4.69) is 90.1 Å². The Bertz CT molecular complexity index is 1740. The fourth-order valence-electron chi connectivity index (χ4n) is 4.91. The standard InChI is InChI=1S/C40H47BN4O2/c1-37(2,3)30-18-11-27(12-19-30)34-43-35(28-13-20-31(21-14-28)38(4,5)6)45-36(44-34)29-17-24-33(42-25-29)26-15-22-32(23-16-26)41-47-40(9,10)39(7,8)46/h11-25,41,46H,1-10H3. The van der Waals surface area contributed by atoms with E-state index >= 15 is 0 Å². The molecular weight excluding hydrogens is 579 g/mol. The van der Waals surface area contributed by atoms with Crippen molar-refractivity contribution in [2.45, 2.75) is 91.3 Å². The molecule has 3 aromatic carbocycles. The van der Waals surface area contributed by atoms with Crippen LogP contribution in [0.4, 0.5) is 0 Å². The Kier molecular flexibility index (Phi) is 9.28. The molecule has 0 amide bonds. The first kappa shape index (κ1) is 34.1. The van der Waals surface area contributed by atoms with Gasteiger partial charge in [-0.1, -0.05) is 120 Å². The molecule has 0 atom stereocenters. The number of hydrogen-bond donors (Lipinski definition) is 1. The number of aliphatic hydroxyl groups is 1. The van der Waals surface area contributed by atoms with Crippen molar-refractivity contribution < 1.29 is 9.76 Å². The molecule has 0 bridgehead atoms. The van der Waals surface area contributed by atoms with E-state index in [-0.39, 0.29) is 10.8 Å². The van der Waals surface area contributed by atoms with Crippen molar-refractivity contribution in [3.05, 3.63) is 102 Å². The predicted molar refractivity (Wildman–Crippen MR) is 195 cm³/mol. The maximum Gasteiger partial charge on any atom is 0.309 e. The first-order chi connectivity index (χ1) is 21.9. The summed E-state index contributed by atoms with van der Waals surface area (Å²) in [5.74, 6) is 1.82. The maximum absolute atomic E-state index is 10.4. The molecule has 0 aliphatic heterocycles. The van der Waals surface area contributed by atoms with Crippen LogP contribution in [0.25, 0.3) is 45.4 Å². The van der Waals surface area contributed by atoms with Crippen molar-refractivity contribution >= 4 is 12.9 Å². The van der Waals surface area contributed by atoms with E-state index in [4.69, 9.17) is 24.6 Å². The third kappa shape index (κ3) is 8.03. The molecule has 0 saturated heterocycles. The van der Waals surface area contributed by atoms with Gasteiger partial charge in [0, 0.05) is 28.5 Å². The molecule has 242 valence electrons. The second kappa shape index (κ2) is 12.8. The minimum Gasteiger partial charge on any atom is -0.427 e. The molecular formula is C40H47BN4O2. The molecule has 5 rings (SSSR count). The molecule has 0 aliphatic rings. The van der Waals surface area contributed by atoms with Crippen LogP contribution in [0.2, 0.25) is 0 Å². The SMILES string of the molecule is CC(C)(C)c1ccc(-c2nc(-c3ccc(C(C)(C)C)cc3)nc(-c3ccc(-c4ccc(BOC(C)(C)C(C)(C)O)cc4)nc3)n2)cc1. The zero-order valence-electron chi connectivity index (χ0n) is 29.5. The van der Waals surface area contributed by atoms with Gasteiger partial charge in [-0.2, -0.15) is 0 Å². The summed E-state index contributed by atoms with van der Waals surface area (Å²) >= 11 is 0. The average Bonchev–Trinajstić information content (AvgIpc) is 3.03. The van der Waals surface area contributed by atoms with Gasteiger partial charge in [0.05, 0.1) is 16.9 Å². The van der Waals surface area contributed by atoms with E-state index in [1.807, 2.05) is 56.4 Å². The quantitative estimate of drug-likeness (QED) is 0.176. The molecule has 7 heteroatoms. The van der Waals surface area contributed by atoms with Crippen molar-refractivity contribution in [1.29, 1.82) is 0 Å². The zero-order valence-corrected chi connectivity index (χ0v) is 29.5. The van der Waals surface area contributed by atoms with E-state index < -0.39 is 11.2 Å². The van der Waals surface area contributed by atoms with E-state index in [0.29, 0.717) is 25.0 Å². The van der Waals surface area contributed by atoms with Crippen LogP contribution in [-0.4, -0.2) is 43.7 Å².